The Kier molecular flexibility index (Phi) is 2.49. The van der Waals surface area contributed by atoms with Gasteiger partial charge in [-0.1, -0.05) is 17.3 Å². The third-order valence-corrected chi connectivity index (χ3v) is 2.98. The molecule has 0 aliphatic rings. The summed E-state index contributed by atoms with van der Waals surface area (Å²) in [7, 11) is 0. The van der Waals surface area contributed by atoms with E-state index in [9.17, 15) is 4.79 Å². The van der Waals surface area contributed by atoms with Crippen molar-refractivity contribution in [2.45, 2.75) is 6.92 Å². The molecule has 3 rings (SSSR count). The fourth-order valence-corrected chi connectivity index (χ4v) is 2.05. The Labute approximate surface area is 108 Å². The third kappa shape index (κ3) is 1.74. The van der Waals surface area contributed by atoms with Crippen molar-refractivity contribution in [3.8, 4) is 5.69 Å². The maximum absolute atomic E-state index is 11.0. The molecular formula is C13H10N4O2. The van der Waals surface area contributed by atoms with Crippen LogP contribution in [0.4, 0.5) is 0 Å². The van der Waals surface area contributed by atoms with Gasteiger partial charge in [0.15, 0.2) is 5.69 Å². The molecule has 1 aromatic carbocycles. The summed E-state index contributed by atoms with van der Waals surface area (Å²) in [5, 5.41) is 18.5. The van der Waals surface area contributed by atoms with E-state index >= 15 is 0 Å². The van der Waals surface area contributed by atoms with Gasteiger partial charge in [-0.2, -0.15) is 0 Å². The summed E-state index contributed by atoms with van der Waals surface area (Å²) in [5.41, 5.74) is 1.25. The van der Waals surface area contributed by atoms with Crippen LogP contribution in [0, 0.1) is 6.92 Å². The number of benzene rings is 1. The lowest BCUT2D eigenvalue weighted by Crippen LogP contribution is -2.03. The number of carbonyl (C=O) groups is 1. The Morgan fingerprint density at radius 3 is 2.89 bits per heavy atom. The minimum absolute atomic E-state index is 0.0361. The highest BCUT2D eigenvalue weighted by atomic mass is 16.4. The molecule has 2 aromatic heterocycles. The molecule has 6 nitrogen and oxygen atoms in total. The second-order valence-corrected chi connectivity index (χ2v) is 4.11. The smallest absolute Gasteiger partial charge is 0.358 e. The Hall–Kier alpha value is -2.76. The fourth-order valence-electron chi connectivity index (χ4n) is 2.05. The lowest BCUT2D eigenvalue weighted by atomic mass is 10.1. The second kappa shape index (κ2) is 4.16. The van der Waals surface area contributed by atoms with Gasteiger partial charge >= 0.3 is 5.97 Å². The van der Waals surface area contributed by atoms with Crippen LogP contribution in [0.15, 0.2) is 36.7 Å². The molecule has 6 heteroatoms. The number of carboxylic acids is 1. The number of hydrogen-bond donors (Lipinski definition) is 1. The molecule has 19 heavy (non-hydrogen) atoms. The van der Waals surface area contributed by atoms with E-state index in [1.807, 2.05) is 24.3 Å². The number of carboxylic acid groups (broad SMARTS) is 1. The lowest BCUT2D eigenvalue weighted by Gasteiger charge is -2.07. The summed E-state index contributed by atoms with van der Waals surface area (Å²) in [6.07, 6.45) is 3.44. The monoisotopic (exact) mass is 254 g/mol. The van der Waals surface area contributed by atoms with Crippen molar-refractivity contribution in [1.29, 1.82) is 0 Å². The maximum atomic E-state index is 11.0. The van der Waals surface area contributed by atoms with Crippen LogP contribution >= 0.6 is 0 Å². The van der Waals surface area contributed by atoms with E-state index in [0.29, 0.717) is 5.69 Å². The molecule has 3 aromatic rings. The molecule has 0 saturated carbocycles. The van der Waals surface area contributed by atoms with E-state index < -0.39 is 5.97 Å². The van der Waals surface area contributed by atoms with Crippen molar-refractivity contribution in [1.82, 2.24) is 20.0 Å². The minimum atomic E-state index is -1.08. The molecule has 94 valence electrons. The van der Waals surface area contributed by atoms with E-state index in [2.05, 4.69) is 15.3 Å². The zero-order chi connectivity index (χ0) is 13.4. The fraction of sp³-hybridized carbons (Fsp3) is 0.0769. The first-order chi connectivity index (χ1) is 9.18. The lowest BCUT2D eigenvalue weighted by molar-refractivity contribution is 0.0689. The van der Waals surface area contributed by atoms with Gasteiger partial charge in [-0.05, 0) is 19.1 Å². The normalized spacial score (nSPS) is 10.8. The van der Waals surface area contributed by atoms with Crippen molar-refractivity contribution < 1.29 is 9.90 Å². The summed E-state index contributed by atoms with van der Waals surface area (Å²) in [4.78, 5) is 15.1. The van der Waals surface area contributed by atoms with E-state index in [0.717, 1.165) is 16.5 Å². The molecule has 0 spiro atoms. The molecule has 0 saturated heterocycles. The molecule has 0 bridgehead atoms. The number of pyridine rings is 1. The molecule has 0 aliphatic carbocycles. The maximum Gasteiger partial charge on any atom is 0.358 e. The van der Waals surface area contributed by atoms with Crippen LogP contribution < -0.4 is 0 Å². The number of nitrogens with zero attached hydrogens (tertiary/aromatic N) is 4. The minimum Gasteiger partial charge on any atom is -0.476 e. The van der Waals surface area contributed by atoms with Crippen molar-refractivity contribution in [2.24, 2.45) is 0 Å². The van der Waals surface area contributed by atoms with Crippen molar-refractivity contribution in [3.63, 3.8) is 0 Å². The molecule has 0 radical (unpaired) electrons. The molecule has 0 fully saturated rings. The average Bonchev–Trinajstić information content (AvgIpc) is 2.80. The van der Waals surface area contributed by atoms with Crippen LogP contribution in [0.5, 0.6) is 0 Å². The van der Waals surface area contributed by atoms with Gasteiger partial charge in [-0.15, -0.1) is 5.10 Å². The number of aromatic nitrogens is 4. The summed E-state index contributed by atoms with van der Waals surface area (Å²) < 4.78 is 1.53. The largest absolute Gasteiger partial charge is 0.476 e. The highest BCUT2D eigenvalue weighted by Crippen LogP contribution is 2.22. The van der Waals surface area contributed by atoms with Crippen molar-refractivity contribution in [3.05, 3.63) is 48.0 Å². The zero-order valence-electron chi connectivity index (χ0n) is 10.1. The number of fused-ring (bicyclic) bond motifs is 1. The number of aromatic carboxylic acids is 1. The number of rotatable bonds is 2. The first-order valence-corrected chi connectivity index (χ1v) is 5.67. The van der Waals surface area contributed by atoms with Crippen LogP contribution in [0.1, 0.15) is 16.2 Å². The van der Waals surface area contributed by atoms with E-state index in [-0.39, 0.29) is 5.69 Å². The Balaban J connectivity index is 2.28. The first kappa shape index (κ1) is 11.3. The van der Waals surface area contributed by atoms with Gasteiger partial charge < -0.3 is 5.11 Å². The van der Waals surface area contributed by atoms with Gasteiger partial charge in [0, 0.05) is 23.2 Å². The van der Waals surface area contributed by atoms with Crippen LogP contribution in [0.2, 0.25) is 0 Å². The van der Waals surface area contributed by atoms with Gasteiger partial charge in [0.25, 0.3) is 0 Å². The molecule has 0 aliphatic heterocycles. The molecular weight excluding hydrogens is 244 g/mol. The van der Waals surface area contributed by atoms with Gasteiger partial charge in [0.05, 0.1) is 11.4 Å². The molecule has 2 heterocycles. The molecule has 0 amide bonds. The van der Waals surface area contributed by atoms with Crippen molar-refractivity contribution in [2.75, 3.05) is 0 Å². The Morgan fingerprint density at radius 1 is 1.32 bits per heavy atom. The average molecular weight is 254 g/mol. The van der Waals surface area contributed by atoms with Gasteiger partial charge in [-0.3, -0.25) is 4.98 Å². The van der Waals surface area contributed by atoms with Gasteiger partial charge in [-0.25, -0.2) is 9.48 Å². The SMILES string of the molecule is Cc1c(C(=O)O)nnn1-c1cccc2cnccc12. The van der Waals surface area contributed by atoms with Crippen molar-refractivity contribution >= 4 is 16.7 Å². The Morgan fingerprint density at radius 2 is 2.16 bits per heavy atom. The summed E-state index contributed by atoms with van der Waals surface area (Å²) >= 11 is 0. The Bertz CT molecular complexity index is 774. The van der Waals surface area contributed by atoms with E-state index in [1.54, 1.807) is 19.3 Å². The van der Waals surface area contributed by atoms with Gasteiger partial charge in [0.2, 0.25) is 0 Å². The standard InChI is InChI=1S/C13H10N4O2/c1-8-12(13(18)19)15-16-17(8)11-4-2-3-9-7-14-6-5-10(9)11/h2-7H,1H3,(H,18,19). The topological polar surface area (TPSA) is 80.9 Å². The van der Waals surface area contributed by atoms with E-state index in [1.165, 1.54) is 4.68 Å². The molecule has 1 N–H and O–H groups in total. The summed E-state index contributed by atoms with van der Waals surface area (Å²) in [6.45, 7) is 1.68. The number of hydrogen-bond acceptors (Lipinski definition) is 4. The van der Waals surface area contributed by atoms with Crippen LogP contribution in [-0.2, 0) is 0 Å². The first-order valence-electron chi connectivity index (χ1n) is 5.67. The summed E-state index contributed by atoms with van der Waals surface area (Å²) in [5.74, 6) is -1.08. The quantitative estimate of drug-likeness (QED) is 0.754. The van der Waals surface area contributed by atoms with Gasteiger partial charge in [0.1, 0.15) is 0 Å². The van der Waals surface area contributed by atoms with Crippen LogP contribution in [0.25, 0.3) is 16.5 Å². The highest BCUT2D eigenvalue weighted by molar-refractivity contribution is 5.90. The second-order valence-electron chi connectivity index (χ2n) is 4.11. The predicted molar refractivity (Wildman–Crippen MR) is 68.4 cm³/mol. The summed E-state index contributed by atoms with van der Waals surface area (Å²) in [6, 6.07) is 7.55. The van der Waals surface area contributed by atoms with E-state index in [4.69, 9.17) is 5.11 Å². The van der Waals surface area contributed by atoms with Crippen LogP contribution in [0.3, 0.4) is 0 Å². The zero-order valence-corrected chi connectivity index (χ0v) is 10.1. The molecule has 0 unspecified atom stereocenters. The third-order valence-electron chi connectivity index (χ3n) is 2.98. The molecule has 0 atom stereocenters. The predicted octanol–water partition coefficient (Wildman–Crippen LogP) is 1.82. The van der Waals surface area contributed by atoms with Crippen LogP contribution in [-0.4, -0.2) is 31.1 Å². The highest BCUT2D eigenvalue weighted by Gasteiger charge is 2.17.